The maximum Gasteiger partial charge on any atom is 0.408 e. The van der Waals surface area contributed by atoms with E-state index in [0.29, 0.717) is 16.7 Å². The van der Waals surface area contributed by atoms with Gasteiger partial charge in [0.15, 0.2) is 6.10 Å². The van der Waals surface area contributed by atoms with Gasteiger partial charge in [-0.25, -0.2) is 23.5 Å². The molecule has 1 saturated heterocycles. The second-order valence-corrected chi connectivity index (χ2v) is 6.00. The van der Waals surface area contributed by atoms with Gasteiger partial charge in [-0.3, -0.25) is 4.98 Å². The molecule has 1 aromatic carbocycles. The highest BCUT2D eigenvalue weighted by Gasteiger charge is 2.38. The molecule has 3 aromatic rings. The molecule has 4 rings (SSSR count). The molecule has 1 aliphatic heterocycles. The number of aromatic nitrogens is 3. The Balaban J connectivity index is 1.67. The predicted octanol–water partition coefficient (Wildman–Crippen LogP) is 3.07. The number of alkyl carbamates (subject to hydrolysis) is 1. The van der Waals surface area contributed by atoms with E-state index >= 15 is 0 Å². The van der Waals surface area contributed by atoms with E-state index in [1.807, 2.05) is 0 Å². The third kappa shape index (κ3) is 3.64. The largest absolute Gasteiger partial charge is 0.439 e. The van der Waals surface area contributed by atoms with Crippen LogP contribution in [0.1, 0.15) is 34.4 Å². The third-order valence-corrected chi connectivity index (χ3v) is 4.10. The molecule has 0 bridgehead atoms. The SMILES string of the molecule is O=C1N[C@H](c2cncc(C#Cc3cncnc3)c2)[C@@H](c2cc(F)ccc2F)O1. The zero-order valence-electron chi connectivity index (χ0n) is 14.3. The van der Waals surface area contributed by atoms with Crippen molar-refractivity contribution in [1.82, 2.24) is 20.3 Å². The van der Waals surface area contributed by atoms with E-state index in [4.69, 9.17) is 4.74 Å². The second-order valence-electron chi connectivity index (χ2n) is 6.00. The molecule has 0 unspecified atom stereocenters. The van der Waals surface area contributed by atoms with Crippen molar-refractivity contribution in [3.8, 4) is 11.8 Å². The van der Waals surface area contributed by atoms with E-state index < -0.39 is 29.9 Å². The summed E-state index contributed by atoms with van der Waals surface area (Å²) in [6.45, 7) is 0. The monoisotopic (exact) mass is 378 g/mol. The molecule has 0 saturated carbocycles. The summed E-state index contributed by atoms with van der Waals surface area (Å²) in [5.74, 6) is 4.54. The molecule has 1 N–H and O–H groups in total. The van der Waals surface area contributed by atoms with Gasteiger partial charge in [-0.15, -0.1) is 0 Å². The van der Waals surface area contributed by atoms with Gasteiger partial charge in [0.25, 0.3) is 0 Å². The molecule has 1 amide bonds. The number of hydrogen-bond donors (Lipinski definition) is 1. The maximum atomic E-state index is 14.2. The Bertz CT molecular complexity index is 1100. The molecule has 0 radical (unpaired) electrons. The second kappa shape index (κ2) is 7.40. The van der Waals surface area contributed by atoms with Crippen molar-refractivity contribution in [2.75, 3.05) is 0 Å². The number of pyridine rings is 1. The quantitative estimate of drug-likeness (QED) is 0.694. The number of nitrogens with zero attached hydrogens (tertiary/aromatic N) is 3. The van der Waals surface area contributed by atoms with E-state index in [1.165, 1.54) is 12.5 Å². The summed E-state index contributed by atoms with van der Waals surface area (Å²) in [5.41, 5.74) is 1.70. The summed E-state index contributed by atoms with van der Waals surface area (Å²) in [4.78, 5) is 23.7. The molecule has 1 fully saturated rings. The number of hydrogen-bond acceptors (Lipinski definition) is 5. The molecule has 1 aliphatic rings. The number of ether oxygens (including phenoxy) is 1. The fourth-order valence-corrected chi connectivity index (χ4v) is 2.86. The molecule has 8 heteroatoms. The van der Waals surface area contributed by atoms with E-state index in [-0.39, 0.29) is 5.56 Å². The summed E-state index contributed by atoms with van der Waals surface area (Å²) < 4.78 is 33.0. The van der Waals surface area contributed by atoms with Gasteiger partial charge >= 0.3 is 6.09 Å². The molecule has 2 aromatic heterocycles. The number of amides is 1. The summed E-state index contributed by atoms with van der Waals surface area (Å²) in [5, 5.41) is 2.61. The lowest BCUT2D eigenvalue weighted by Crippen LogP contribution is -2.20. The number of carbonyl (C=O) groups excluding carboxylic acids is 1. The van der Waals surface area contributed by atoms with Gasteiger partial charge in [-0.1, -0.05) is 11.8 Å². The highest BCUT2D eigenvalue weighted by atomic mass is 19.1. The fourth-order valence-electron chi connectivity index (χ4n) is 2.86. The van der Waals surface area contributed by atoms with E-state index in [2.05, 4.69) is 32.1 Å². The molecule has 3 heterocycles. The van der Waals surface area contributed by atoms with Crippen molar-refractivity contribution in [2.45, 2.75) is 12.1 Å². The molecular formula is C20H12F2N4O2. The third-order valence-electron chi connectivity index (χ3n) is 4.10. The Kier molecular flexibility index (Phi) is 4.64. The first kappa shape index (κ1) is 17.5. The van der Waals surface area contributed by atoms with Crippen LogP contribution in [0.2, 0.25) is 0 Å². The Morgan fingerprint density at radius 2 is 1.71 bits per heavy atom. The standard InChI is InChI=1S/C20H12F2N4O2/c21-15-3-4-17(22)16(6-15)19-18(26-20(27)28-19)14-5-12(7-23-10-14)1-2-13-8-24-11-25-9-13/h3-11,18-19H,(H,26,27)/t18-,19-/m1/s1. The molecular weight excluding hydrogens is 366 g/mol. The number of benzene rings is 1. The smallest absolute Gasteiger partial charge is 0.408 e. The van der Waals surface area contributed by atoms with Gasteiger partial charge in [0.1, 0.15) is 24.0 Å². The number of rotatable bonds is 2. The van der Waals surface area contributed by atoms with Gasteiger partial charge in [0, 0.05) is 35.9 Å². The summed E-state index contributed by atoms with van der Waals surface area (Å²) in [6, 6.07) is 3.98. The molecule has 138 valence electrons. The minimum Gasteiger partial charge on any atom is -0.439 e. The number of nitrogens with one attached hydrogen (secondary N) is 1. The van der Waals surface area contributed by atoms with Crippen LogP contribution in [0, 0.1) is 23.5 Å². The first-order valence-electron chi connectivity index (χ1n) is 8.24. The van der Waals surface area contributed by atoms with Crippen LogP contribution in [0.25, 0.3) is 0 Å². The molecule has 0 aliphatic carbocycles. The fraction of sp³-hybridized carbons (Fsp3) is 0.100. The lowest BCUT2D eigenvalue weighted by molar-refractivity contribution is 0.130. The van der Waals surface area contributed by atoms with Crippen LogP contribution in [0.3, 0.4) is 0 Å². The normalized spacial score (nSPS) is 18.0. The highest BCUT2D eigenvalue weighted by Crippen LogP contribution is 2.37. The first-order chi connectivity index (χ1) is 13.6. The van der Waals surface area contributed by atoms with Crippen LogP contribution in [0.15, 0.2) is 55.4 Å². The van der Waals surface area contributed by atoms with Crippen LogP contribution in [0.4, 0.5) is 13.6 Å². The summed E-state index contributed by atoms with van der Waals surface area (Å²) >= 11 is 0. The van der Waals surface area contributed by atoms with Crippen molar-refractivity contribution >= 4 is 6.09 Å². The van der Waals surface area contributed by atoms with Crippen LogP contribution >= 0.6 is 0 Å². The van der Waals surface area contributed by atoms with Crippen molar-refractivity contribution in [1.29, 1.82) is 0 Å². The minimum atomic E-state index is -1.03. The zero-order valence-corrected chi connectivity index (χ0v) is 14.3. The molecule has 2 atom stereocenters. The van der Waals surface area contributed by atoms with Crippen molar-refractivity contribution < 1.29 is 18.3 Å². The lowest BCUT2D eigenvalue weighted by atomic mass is 9.96. The van der Waals surface area contributed by atoms with Crippen molar-refractivity contribution in [3.63, 3.8) is 0 Å². The highest BCUT2D eigenvalue weighted by molar-refractivity contribution is 5.71. The molecule has 0 spiro atoms. The van der Waals surface area contributed by atoms with Gasteiger partial charge in [-0.05, 0) is 29.8 Å². The van der Waals surface area contributed by atoms with Gasteiger partial charge in [0.2, 0.25) is 0 Å². The number of halogens is 2. The van der Waals surface area contributed by atoms with Crippen LogP contribution in [-0.2, 0) is 4.74 Å². The van der Waals surface area contributed by atoms with E-state index in [0.717, 1.165) is 18.2 Å². The summed E-state index contributed by atoms with van der Waals surface area (Å²) in [7, 11) is 0. The average molecular weight is 378 g/mol. The van der Waals surface area contributed by atoms with Gasteiger partial charge < -0.3 is 10.1 Å². The van der Waals surface area contributed by atoms with Gasteiger partial charge in [-0.2, -0.15) is 0 Å². The van der Waals surface area contributed by atoms with E-state index in [1.54, 1.807) is 24.7 Å². The maximum absolute atomic E-state index is 14.2. The zero-order chi connectivity index (χ0) is 19.5. The average Bonchev–Trinajstić information content (AvgIpc) is 3.11. The lowest BCUT2D eigenvalue weighted by Gasteiger charge is -2.18. The molecule has 28 heavy (non-hydrogen) atoms. The molecule has 6 nitrogen and oxygen atoms in total. The predicted molar refractivity (Wildman–Crippen MR) is 93.7 cm³/mol. The number of cyclic esters (lactones) is 1. The van der Waals surface area contributed by atoms with Crippen LogP contribution in [-0.4, -0.2) is 21.0 Å². The Morgan fingerprint density at radius 1 is 0.964 bits per heavy atom. The van der Waals surface area contributed by atoms with Crippen LogP contribution < -0.4 is 5.32 Å². The summed E-state index contributed by atoms with van der Waals surface area (Å²) in [6.07, 6.45) is 5.86. The van der Waals surface area contributed by atoms with Gasteiger partial charge in [0.05, 0.1) is 5.56 Å². The first-order valence-corrected chi connectivity index (χ1v) is 8.24. The number of carbonyl (C=O) groups is 1. The van der Waals surface area contributed by atoms with Crippen LogP contribution in [0.5, 0.6) is 0 Å². The van der Waals surface area contributed by atoms with Crippen molar-refractivity contribution in [2.24, 2.45) is 0 Å². The Labute approximate surface area is 158 Å². The topological polar surface area (TPSA) is 77.0 Å². The Morgan fingerprint density at radius 3 is 2.54 bits per heavy atom. The van der Waals surface area contributed by atoms with E-state index in [9.17, 15) is 13.6 Å². The van der Waals surface area contributed by atoms with Crippen molar-refractivity contribution in [3.05, 3.63) is 89.3 Å². The Hall–Kier alpha value is -3.86. The minimum absolute atomic E-state index is 0.0544.